The third-order valence-corrected chi connectivity index (χ3v) is 2.50. The Morgan fingerprint density at radius 2 is 2.12 bits per heavy atom. The number of aliphatic hydroxyl groups is 2. The zero-order valence-corrected chi connectivity index (χ0v) is 8.81. The van der Waals surface area contributed by atoms with Crippen LogP contribution in [-0.2, 0) is 0 Å². The van der Waals surface area contributed by atoms with Crippen LogP contribution in [0.25, 0.3) is 10.8 Å². The average Bonchev–Trinajstić information content (AvgIpc) is 2.26. The van der Waals surface area contributed by atoms with E-state index in [0.29, 0.717) is 16.3 Å². The molecule has 2 rings (SSSR count). The number of nitrogens with zero attached hydrogens (tertiary/aromatic N) is 1. The van der Waals surface area contributed by atoms with Crippen LogP contribution in [0, 0.1) is 12.7 Å². The lowest BCUT2D eigenvalue weighted by Gasteiger charge is -2.11. The second-order valence-electron chi connectivity index (χ2n) is 3.74. The fourth-order valence-electron chi connectivity index (χ4n) is 1.73. The van der Waals surface area contributed by atoms with Gasteiger partial charge in [-0.15, -0.1) is 0 Å². The van der Waals surface area contributed by atoms with Crippen LogP contribution in [0.2, 0.25) is 0 Å². The Bertz CT molecular complexity index is 522. The number of aromatic nitrogens is 1. The number of aliphatic hydroxyl groups excluding tert-OH is 2. The minimum absolute atomic E-state index is 0.366. The molecule has 1 aromatic heterocycles. The molecule has 1 unspecified atom stereocenters. The van der Waals surface area contributed by atoms with E-state index < -0.39 is 18.5 Å². The van der Waals surface area contributed by atoms with Crippen LogP contribution >= 0.6 is 0 Å². The highest BCUT2D eigenvalue weighted by Gasteiger charge is 2.12. The maximum atomic E-state index is 13.3. The topological polar surface area (TPSA) is 53.4 Å². The van der Waals surface area contributed by atoms with E-state index >= 15 is 0 Å². The molecule has 0 aliphatic rings. The zero-order chi connectivity index (χ0) is 11.7. The van der Waals surface area contributed by atoms with Gasteiger partial charge in [0.25, 0.3) is 0 Å². The summed E-state index contributed by atoms with van der Waals surface area (Å²) in [5, 5.41) is 19.8. The number of fused-ring (bicyclic) bond motifs is 1. The van der Waals surface area contributed by atoms with Gasteiger partial charge in [0.2, 0.25) is 0 Å². The van der Waals surface area contributed by atoms with Crippen LogP contribution in [0.4, 0.5) is 4.39 Å². The fraction of sp³-hybridized carbons (Fsp3) is 0.250. The van der Waals surface area contributed by atoms with Gasteiger partial charge in [0, 0.05) is 17.3 Å². The molecule has 16 heavy (non-hydrogen) atoms. The van der Waals surface area contributed by atoms with Gasteiger partial charge in [-0.25, -0.2) is 4.39 Å². The smallest absolute Gasteiger partial charge is 0.124 e. The molecule has 0 amide bonds. The molecule has 1 atom stereocenters. The van der Waals surface area contributed by atoms with Gasteiger partial charge in [0.1, 0.15) is 11.9 Å². The molecule has 0 aliphatic heterocycles. The quantitative estimate of drug-likeness (QED) is 0.811. The lowest BCUT2D eigenvalue weighted by Crippen LogP contribution is -2.04. The maximum Gasteiger partial charge on any atom is 0.124 e. The fourth-order valence-corrected chi connectivity index (χ4v) is 1.73. The number of hydrogen-bond acceptors (Lipinski definition) is 3. The lowest BCUT2D eigenvalue weighted by atomic mass is 10.0. The normalized spacial score (nSPS) is 13.0. The molecule has 0 spiro atoms. The van der Waals surface area contributed by atoms with Crippen LogP contribution < -0.4 is 0 Å². The summed E-state index contributed by atoms with van der Waals surface area (Å²) in [6.07, 6.45) is 0.501. The second-order valence-corrected chi connectivity index (χ2v) is 3.74. The van der Waals surface area contributed by atoms with Crippen molar-refractivity contribution in [1.82, 2.24) is 4.98 Å². The van der Waals surface area contributed by atoms with Crippen molar-refractivity contribution in [2.45, 2.75) is 13.0 Å². The highest BCUT2D eigenvalue weighted by atomic mass is 19.1. The van der Waals surface area contributed by atoms with E-state index in [1.807, 2.05) is 6.92 Å². The van der Waals surface area contributed by atoms with Gasteiger partial charge < -0.3 is 10.2 Å². The van der Waals surface area contributed by atoms with E-state index in [2.05, 4.69) is 4.98 Å². The molecule has 0 saturated carbocycles. The summed E-state index contributed by atoms with van der Waals surface area (Å²) in [6.45, 7) is 1.37. The number of benzene rings is 1. The van der Waals surface area contributed by atoms with Crippen molar-refractivity contribution < 1.29 is 14.6 Å². The second kappa shape index (κ2) is 4.15. The lowest BCUT2D eigenvalue weighted by molar-refractivity contribution is 0.0965. The summed E-state index contributed by atoms with van der Waals surface area (Å²) >= 11 is 0. The largest absolute Gasteiger partial charge is 0.393 e. The Morgan fingerprint density at radius 3 is 2.81 bits per heavy atom. The van der Waals surface area contributed by atoms with Crippen LogP contribution in [-0.4, -0.2) is 21.8 Å². The molecule has 0 aliphatic carbocycles. The van der Waals surface area contributed by atoms with Crippen LogP contribution in [0.15, 0.2) is 24.4 Å². The van der Waals surface area contributed by atoms with Gasteiger partial charge >= 0.3 is 0 Å². The summed E-state index contributed by atoms with van der Waals surface area (Å²) in [4.78, 5) is 4.10. The van der Waals surface area contributed by atoms with E-state index in [9.17, 15) is 9.50 Å². The molecule has 1 heterocycles. The predicted molar refractivity (Wildman–Crippen MR) is 58.5 cm³/mol. The standard InChI is InChI=1S/C12H12FNO2/c1-7-2-8-3-9(13)4-10(12(16)6-15)11(8)5-14-7/h2-5,12,15-16H,6H2,1H3. The number of hydrogen-bond donors (Lipinski definition) is 2. The first-order chi connectivity index (χ1) is 7.61. The van der Waals surface area contributed by atoms with Crippen molar-refractivity contribution in [1.29, 1.82) is 0 Å². The minimum atomic E-state index is -1.08. The Labute approximate surface area is 92.2 Å². The summed E-state index contributed by atoms with van der Waals surface area (Å²) < 4.78 is 13.3. The van der Waals surface area contributed by atoms with E-state index in [0.717, 1.165) is 5.69 Å². The van der Waals surface area contributed by atoms with Gasteiger partial charge in [0.05, 0.1) is 6.61 Å². The molecule has 84 valence electrons. The maximum absolute atomic E-state index is 13.3. The Morgan fingerprint density at radius 1 is 1.38 bits per heavy atom. The SMILES string of the molecule is Cc1cc2cc(F)cc(C(O)CO)c2cn1. The zero-order valence-electron chi connectivity index (χ0n) is 8.81. The monoisotopic (exact) mass is 221 g/mol. The minimum Gasteiger partial charge on any atom is -0.393 e. The van der Waals surface area contributed by atoms with E-state index in [1.54, 1.807) is 12.3 Å². The van der Waals surface area contributed by atoms with Gasteiger partial charge in [-0.1, -0.05) is 0 Å². The van der Waals surface area contributed by atoms with Crippen molar-refractivity contribution in [2.75, 3.05) is 6.61 Å². The average molecular weight is 221 g/mol. The number of rotatable bonds is 2. The molecule has 4 heteroatoms. The van der Waals surface area contributed by atoms with Crippen molar-refractivity contribution in [3.8, 4) is 0 Å². The van der Waals surface area contributed by atoms with Crippen LogP contribution in [0.1, 0.15) is 17.4 Å². The summed E-state index contributed by atoms with van der Waals surface area (Å²) in [7, 11) is 0. The Balaban J connectivity index is 2.72. The predicted octanol–water partition coefficient (Wildman–Crippen LogP) is 1.71. The van der Waals surface area contributed by atoms with Crippen molar-refractivity contribution in [2.24, 2.45) is 0 Å². The molecule has 0 saturated heterocycles. The first-order valence-electron chi connectivity index (χ1n) is 4.96. The van der Waals surface area contributed by atoms with E-state index in [1.165, 1.54) is 12.1 Å². The molecule has 0 bridgehead atoms. The highest BCUT2D eigenvalue weighted by Crippen LogP contribution is 2.25. The summed E-state index contributed by atoms with van der Waals surface area (Å²) in [5.74, 6) is -0.430. The van der Waals surface area contributed by atoms with Gasteiger partial charge in [0.15, 0.2) is 0 Å². The van der Waals surface area contributed by atoms with Gasteiger partial charge in [-0.3, -0.25) is 4.98 Å². The van der Waals surface area contributed by atoms with Crippen molar-refractivity contribution in [3.63, 3.8) is 0 Å². The molecule has 0 radical (unpaired) electrons. The third-order valence-electron chi connectivity index (χ3n) is 2.50. The number of aryl methyl sites for hydroxylation is 1. The van der Waals surface area contributed by atoms with E-state index in [-0.39, 0.29) is 0 Å². The first kappa shape index (κ1) is 11.0. The third kappa shape index (κ3) is 1.89. The summed E-state index contributed by atoms with van der Waals surface area (Å²) in [5.41, 5.74) is 1.15. The van der Waals surface area contributed by atoms with Crippen LogP contribution in [0.5, 0.6) is 0 Å². The molecule has 2 aromatic rings. The first-order valence-corrected chi connectivity index (χ1v) is 4.96. The highest BCUT2D eigenvalue weighted by molar-refractivity contribution is 5.85. The molecule has 0 fully saturated rings. The molecular formula is C12H12FNO2. The van der Waals surface area contributed by atoms with E-state index in [4.69, 9.17) is 5.11 Å². The van der Waals surface area contributed by atoms with Crippen LogP contribution in [0.3, 0.4) is 0 Å². The Kier molecular flexibility index (Phi) is 2.85. The molecule has 2 N–H and O–H groups in total. The van der Waals surface area contributed by atoms with Gasteiger partial charge in [-0.05, 0) is 36.1 Å². The summed E-state index contributed by atoms with van der Waals surface area (Å²) in [6, 6.07) is 4.35. The molecular weight excluding hydrogens is 209 g/mol. The molecule has 3 nitrogen and oxygen atoms in total. The molecule has 1 aromatic carbocycles. The Hall–Kier alpha value is -1.52. The number of pyridine rings is 1. The number of halogens is 1. The van der Waals surface area contributed by atoms with Crippen molar-refractivity contribution in [3.05, 3.63) is 41.5 Å². The van der Waals surface area contributed by atoms with Crippen molar-refractivity contribution >= 4 is 10.8 Å². The van der Waals surface area contributed by atoms with Gasteiger partial charge in [-0.2, -0.15) is 0 Å².